The predicted octanol–water partition coefficient (Wildman–Crippen LogP) is 2.40. The Balaban J connectivity index is 1.94. The topological polar surface area (TPSA) is 69.1 Å². The Hall–Kier alpha value is -2.87. The fourth-order valence-electron chi connectivity index (χ4n) is 1.93. The van der Waals surface area contributed by atoms with Gasteiger partial charge in [-0.15, -0.1) is 0 Å². The minimum Gasteiger partial charge on any atom is -0.384 e. The lowest BCUT2D eigenvalue weighted by Gasteiger charge is -2.13. The smallest absolute Gasteiger partial charge is 0.155 e. The molecular weight excluding hydrogens is 274 g/mol. The Morgan fingerprint density at radius 3 is 2.45 bits per heavy atom. The lowest BCUT2D eigenvalue weighted by molar-refractivity contribution is 0.562. The van der Waals surface area contributed by atoms with Crippen molar-refractivity contribution in [1.29, 1.82) is 0 Å². The van der Waals surface area contributed by atoms with Gasteiger partial charge in [-0.2, -0.15) is 5.10 Å². The molecule has 0 aliphatic rings. The van der Waals surface area contributed by atoms with Gasteiger partial charge in [0.05, 0.1) is 11.3 Å². The second-order valence-electron chi connectivity index (χ2n) is 6.15. The summed E-state index contributed by atoms with van der Waals surface area (Å²) in [5.41, 5.74) is 8.99. The summed E-state index contributed by atoms with van der Waals surface area (Å²) in [5.74, 6) is 6.59. The number of hydrogen-bond donors (Lipinski definition) is 1. The van der Waals surface area contributed by atoms with Crippen LogP contribution in [0.15, 0.2) is 36.8 Å². The molecule has 22 heavy (non-hydrogen) atoms. The summed E-state index contributed by atoms with van der Waals surface area (Å²) < 4.78 is 1.77. The van der Waals surface area contributed by atoms with E-state index in [0.717, 1.165) is 22.5 Å². The first-order valence-electron chi connectivity index (χ1n) is 7.01. The fourth-order valence-corrected chi connectivity index (χ4v) is 1.93. The molecular formula is C17H17N5. The summed E-state index contributed by atoms with van der Waals surface area (Å²) in [5, 5.41) is 4.57. The van der Waals surface area contributed by atoms with E-state index in [1.807, 2.05) is 18.3 Å². The number of pyridine rings is 1. The molecule has 0 unspecified atom stereocenters. The van der Waals surface area contributed by atoms with Crippen LogP contribution < -0.4 is 5.73 Å². The highest BCUT2D eigenvalue weighted by Crippen LogP contribution is 2.21. The maximum atomic E-state index is 5.55. The Bertz CT molecular complexity index is 873. The second-order valence-corrected chi connectivity index (χ2v) is 6.15. The number of nitrogen functional groups attached to an aromatic ring is 1. The highest BCUT2D eigenvalue weighted by atomic mass is 15.2. The SMILES string of the molecule is CC(C)(C)c1cc2ncc(C#Cc3ccc(N)nc3)cn2n1. The van der Waals surface area contributed by atoms with Crippen molar-refractivity contribution >= 4 is 11.5 Å². The molecule has 0 aromatic carbocycles. The van der Waals surface area contributed by atoms with Gasteiger partial charge in [-0.25, -0.2) is 14.5 Å². The van der Waals surface area contributed by atoms with Crippen LogP contribution in [-0.4, -0.2) is 19.6 Å². The lowest BCUT2D eigenvalue weighted by Crippen LogP contribution is -2.11. The van der Waals surface area contributed by atoms with Crippen molar-refractivity contribution in [3.05, 3.63) is 53.6 Å². The molecule has 0 bridgehead atoms. The zero-order valence-electron chi connectivity index (χ0n) is 12.8. The first kappa shape index (κ1) is 14.1. The Morgan fingerprint density at radius 2 is 1.77 bits per heavy atom. The van der Waals surface area contributed by atoms with Gasteiger partial charge in [-0.05, 0) is 12.1 Å². The van der Waals surface area contributed by atoms with E-state index in [2.05, 4.69) is 47.7 Å². The van der Waals surface area contributed by atoms with Crippen molar-refractivity contribution in [2.45, 2.75) is 26.2 Å². The van der Waals surface area contributed by atoms with Crippen LogP contribution >= 0.6 is 0 Å². The zero-order valence-corrected chi connectivity index (χ0v) is 12.8. The van der Waals surface area contributed by atoms with Gasteiger partial charge in [-0.3, -0.25) is 0 Å². The van der Waals surface area contributed by atoms with Gasteiger partial charge >= 0.3 is 0 Å². The number of nitrogens with zero attached hydrogens (tertiary/aromatic N) is 4. The van der Waals surface area contributed by atoms with Crippen LogP contribution in [0.5, 0.6) is 0 Å². The van der Waals surface area contributed by atoms with E-state index >= 15 is 0 Å². The molecule has 5 nitrogen and oxygen atoms in total. The molecule has 0 spiro atoms. The zero-order chi connectivity index (χ0) is 15.7. The number of hydrogen-bond acceptors (Lipinski definition) is 4. The molecule has 110 valence electrons. The summed E-state index contributed by atoms with van der Waals surface area (Å²) in [6.45, 7) is 6.39. The molecule has 0 aliphatic heterocycles. The van der Waals surface area contributed by atoms with Crippen LogP contribution in [0.3, 0.4) is 0 Å². The maximum Gasteiger partial charge on any atom is 0.155 e. The summed E-state index contributed by atoms with van der Waals surface area (Å²) in [6.07, 6.45) is 5.29. The molecule has 3 heterocycles. The van der Waals surface area contributed by atoms with Crippen molar-refractivity contribution in [2.24, 2.45) is 0 Å². The fraction of sp³-hybridized carbons (Fsp3) is 0.235. The summed E-state index contributed by atoms with van der Waals surface area (Å²) >= 11 is 0. The molecule has 0 saturated heterocycles. The number of aromatic nitrogens is 4. The molecule has 0 amide bonds. The third kappa shape index (κ3) is 2.91. The molecule has 0 saturated carbocycles. The quantitative estimate of drug-likeness (QED) is 0.646. The molecule has 3 aromatic heterocycles. The van der Waals surface area contributed by atoms with E-state index in [-0.39, 0.29) is 5.41 Å². The molecule has 0 radical (unpaired) electrons. The predicted molar refractivity (Wildman–Crippen MR) is 86.3 cm³/mol. The molecule has 2 N–H and O–H groups in total. The summed E-state index contributed by atoms with van der Waals surface area (Å²) in [4.78, 5) is 8.42. The van der Waals surface area contributed by atoms with E-state index < -0.39 is 0 Å². The minimum absolute atomic E-state index is 0.00478. The molecule has 5 heteroatoms. The normalized spacial score (nSPS) is 11.2. The van der Waals surface area contributed by atoms with Crippen LogP contribution in [0.1, 0.15) is 37.6 Å². The van der Waals surface area contributed by atoms with Crippen molar-refractivity contribution in [1.82, 2.24) is 19.6 Å². The van der Waals surface area contributed by atoms with Crippen LogP contribution in [0.4, 0.5) is 5.82 Å². The minimum atomic E-state index is -0.00478. The Labute approximate surface area is 129 Å². The van der Waals surface area contributed by atoms with E-state index in [4.69, 9.17) is 5.73 Å². The van der Waals surface area contributed by atoms with Crippen LogP contribution in [0.25, 0.3) is 5.65 Å². The van der Waals surface area contributed by atoms with Gasteiger partial charge in [0, 0.05) is 35.6 Å². The lowest BCUT2D eigenvalue weighted by atomic mass is 9.93. The monoisotopic (exact) mass is 291 g/mol. The number of anilines is 1. The van der Waals surface area contributed by atoms with E-state index in [9.17, 15) is 0 Å². The van der Waals surface area contributed by atoms with E-state index in [1.54, 1.807) is 23.0 Å². The third-order valence-electron chi connectivity index (χ3n) is 3.22. The van der Waals surface area contributed by atoms with Crippen LogP contribution in [-0.2, 0) is 5.41 Å². The highest BCUT2D eigenvalue weighted by molar-refractivity contribution is 5.46. The average molecular weight is 291 g/mol. The Kier molecular flexibility index (Phi) is 3.30. The average Bonchev–Trinajstić information content (AvgIpc) is 2.90. The van der Waals surface area contributed by atoms with Gasteiger partial charge in [0.2, 0.25) is 0 Å². The van der Waals surface area contributed by atoms with Gasteiger partial charge in [0.25, 0.3) is 0 Å². The first-order valence-corrected chi connectivity index (χ1v) is 7.01. The van der Waals surface area contributed by atoms with Crippen molar-refractivity contribution in [2.75, 3.05) is 5.73 Å². The second kappa shape index (κ2) is 5.15. The number of nitrogens with two attached hydrogens (primary N) is 1. The first-order chi connectivity index (χ1) is 10.4. The third-order valence-corrected chi connectivity index (χ3v) is 3.22. The van der Waals surface area contributed by atoms with Gasteiger partial charge in [-0.1, -0.05) is 32.6 Å². The van der Waals surface area contributed by atoms with Crippen molar-refractivity contribution in [3.63, 3.8) is 0 Å². The van der Waals surface area contributed by atoms with E-state index in [0.29, 0.717) is 5.82 Å². The maximum absolute atomic E-state index is 5.55. The molecule has 0 fully saturated rings. The van der Waals surface area contributed by atoms with Gasteiger partial charge in [0.1, 0.15) is 5.82 Å². The summed E-state index contributed by atoms with van der Waals surface area (Å²) in [6, 6.07) is 5.57. The van der Waals surface area contributed by atoms with Crippen molar-refractivity contribution in [3.8, 4) is 11.8 Å². The Morgan fingerprint density at radius 1 is 1.05 bits per heavy atom. The van der Waals surface area contributed by atoms with Gasteiger partial charge < -0.3 is 5.73 Å². The number of rotatable bonds is 0. The molecule has 3 rings (SSSR count). The standard InChI is InChI=1S/C17H17N5/c1-17(2,3)14-8-16-20-10-13(11-22(16)21-14)5-4-12-6-7-15(18)19-9-12/h6-11H,1-3H3,(H2,18,19). The van der Waals surface area contributed by atoms with Gasteiger partial charge in [0.15, 0.2) is 5.65 Å². The van der Waals surface area contributed by atoms with Crippen LogP contribution in [0.2, 0.25) is 0 Å². The molecule has 3 aromatic rings. The largest absolute Gasteiger partial charge is 0.384 e. The van der Waals surface area contributed by atoms with Crippen molar-refractivity contribution < 1.29 is 0 Å². The number of fused-ring (bicyclic) bond motifs is 1. The molecule has 0 aliphatic carbocycles. The van der Waals surface area contributed by atoms with E-state index in [1.165, 1.54) is 0 Å². The molecule has 0 atom stereocenters. The summed E-state index contributed by atoms with van der Waals surface area (Å²) in [7, 11) is 0. The van der Waals surface area contributed by atoms with Crippen LogP contribution in [0, 0.1) is 11.8 Å². The highest BCUT2D eigenvalue weighted by Gasteiger charge is 2.17.